The first kappa shape index (κ1) is 19.3. The standard InChI is InChI=1S/C16H13F2NO6S/c1-23-15(22)13-11(5-6-26-13)19-12(20)8-24-14(21)9-3-2-4-10(7-9)25-16(17)18/h2-7,16H,8H2,1H3,(H,19,20). The zero-order chi connectivity index (χ0) is 19.1. The lowest BCUT2D eigenvalue weighted by Crippen LogP contribution is -2.21. The molecule has 10 heteroatoms. The second-order valence-electron chi connectivity index (χ2n) is 4.69. The largest absolute Gasteiger partial charge is 0.465 e. The Morgan fingerprint density at radius 1 is 1.19 bits per heavy atom. The SMILES string of the molecule is COC(=O)c1sccc1NC(=O)COC(=O)c1cccc(OC(F)F)c1. The molecule has 0 saturated heterocycles. The van der Waals surface area contributed by atoms with Crippen molar-refractivity contribution in [1.29, 1.82) is 0 Å². The van der Waals surface area contributed by atoms with Gasteiger partial charge in [-0.25, -0.2) is 9.59 Å². The summed E-state index contributed by atoms with van der Waals surface area (Å²) in [5.41, 5.74) is 0.178. The first-order chi connectivity index (χ1) is 12.4. The van der Waals surface area contributed by atoms with Crippen LogP contribution in [0.4, 0.5) is 14.5 Å². The number of halogens is 2. The van der Waals surface area contributed by atoms with Gasteiger partial charge in [0.25, 0.3) is 5.91 Å². The van der Waals surface area contributed by atoms with Crippen LogP contribution in [0.2, 0.25) is 0 Å². The Hall–Kier alpha value is -3.01. The van der Waals surface area contributed by atoms with Gasteiger partial charge >= 0.3 is 18.6 Å². The summed E-state index contributed by atoms with van der Waals surface area (Å²) in [5.74, 6) is -2.39. The number of amides is 1. The fourth-order valence-electron chi connectivity index (χ4n) is 1.86. The number of hydrogen-bond donors (Lipinski definition) is 1. The summed E-state index contributed by atoms with van der Waals surface area (Å²) in [6, 6.07) is 6.48. The molecule has 0 saturated carbocycles. The maximum absolute atomic E-state index is 12.2. The van der Waals surface area contributed by atoms with Gasteiger partial charge in [-0.3, -0.25) is 4.79 Å². The number of rotatable bonds is 7. The first-order valence-corrected chi connectivity index (χ1v) is 7.96. The van der Waals surface area contributed by atoms with Crippen molar-refractivity contribution in [3.63, 3.8) is 0 Å². The Morgan fingerprint density at radius 2 is 1.96 bits per heavy atom. The van der Waals surface area contributed by atoms with Crippen molar-refractivity contribution in [3.05, 3.63) is 46.2 Å². The van der Waals surface area contributed by atoms with Crippen LogP contribution in [-0.4, -0.2) is 38.2 Å². The van der Waals surface area contributed by atoms with Crippen LogP contribution in [0.3, 0.4) is 0 Å². The molecule has 1 N–H and O–H groups in total. The number of alkyl halides is 2. The minimum Gasteiger partial charge on any atom is -0.465 e. The number of methoxy groups -OCH3 is 1. The van der Waals surface area contributed by atoms with Gasteiger partial charge in [-0.2, -0.15) is 8.78 Å². The molecule has 0 spiro atoms. The zero-order valence-corrected chi connectivity index (χ0v) is 14.2. The molecule has 1 aromatic heterocycles. The average molecular weight is 385 g/mol. The molecular formula is C16H13F2NO6S. The summed E-state index contributed by atoms with van der Waals surface area (Å²) in [5, 5.41) is 4.01. The third kappa shape index (κ3) is 5.24. The molecular weight excluding hydrogens is 372 g/mol. The lowest BCUT2D eigenvalue weighted by Gasteiger charge is -2.08. The topological polar surface area (TPSA) is 90.9 Å². The monoisotopic (exact) mass is 385 g/mol. The van der Waals surface area contributed by atoms with Crippen LogP contribution in [0.25, 0.3) is 0 Å². The number of esters is 2. The van der Waals surface area contributed by atoms with Crippen LogP contribution in [0.1, 0.15) is 20.0 Å². The molecule has 0 aliphatic rings. The van der Waals surface area contributed by atoms with E-state index >= 15 is 0 Å². The lowest BCUT2D eigenvalue weighted by atomic mass is 10.2. The smallest absolute Gasteiger partial charge is 0.387 e. The number of anilines is 1. The Morgan fingerprint density at radius 3 is 2.65 bits per heavy atom. The summed E-state index contributed by atoms with van der Waals surface area (Å²) in [7, 11) is 1.21. The van der Waals surface area contributed by atoms with Gasteiger partial charge in [0.1, 0.15) is 10.6 Å². The second-order valence-corrected chi connectivity index (χ2v) is 5.60. The predicted molar refractivity (Wildman–Crippen MR) is 87.6 cm³/mol. The van der Waals surface area contributed by atoms with Crippen molar-refractivity contribution < 1.29 is 37.4 Å². The molecule has 0 aliphatic heterocycles. The number of benzene rings is 1. The van der Waals surface area contributed by atoms with E-state index in [9.17, 15) is 23.2 Å². The highest BCUT2D eigenvalue weighted by Gasteiger charge is 2.17. The van der Waals surface area contributed by atoms with Gasteiger partial charge in [0.15, 0.2) is 6.61 Å². The molecule has 2 aromatic rings. The number of thiophene rings is 1. The summed E-state index contributed by atoms with van der Waals surface area (Å²) in [6.07, 6.45) is 0. The van der Waals surface area contributed by atoms with E-state index in [-0.39, 0.29) is 21.9 Å². The van der Waals surface area contributed by atoms with E-state index in [1.165, 1.54) is 31.4 Å². The Bertz CT molecular complexity index is 808. The molecule has 0 radical (unpaired) electrons. The van der Waals surface area contributed by atoms with Crippen LogP contribution in [0, 0.1) is 0 Å². The molecule has 1 heterocycles. The maximum atomic E-state index is 12.2. The van der Waals surface area contributed by atoms with E-state index in [4.69, 9.17) is 4.74 Å². The highest BCUT2D eigenvalue weighted by atomic mass is 32.1. The average Bonchev–Trinajstić information content (AvgIpc) is 3.06. The predicted octanol–water partition coefficient (Wildman–Crippen LogP) is 2.93. The molecule has 0 bridgehead atoms. The third-order valence-corrected chi connectivity index (χ3v) is 3.83. The first-order valence-electron chi connectivity index (χ1n) is 7.08. The fourth-order valence-corrected chi connectivity index (χ4v) is 2.62. The van der Waals surface area contributed by atoms with E-state index in [1.807, 2.05) is 0 Å². The molecule has 2 rings (SSSR count). The number of carbonyl (C=O) groups is 3. The number of nitrogens with one attached hydrogen (secondary N) is 1. The Kier molecular flexibility index (Phi) is 6.61. The van der Waals surface area contributed by atoms with Crippen molar-refractivity contribution in [3.8, 4) is 5.75 Å². The normalized spacial score (nSPS) is 10.3. The van der Waals surface area contributed by atoms with Crippen molar-refractivity contribution >= 4 is 34.9 Å². The highest BCUT2D eigenvalue weighted by molar-refractivity contribution is 7.12. The molecule has 7 nitrogen and oxygen atoms in total. The quantitative estimate of drug-likeness (QED) is 0.737. The number of carbonyl (C=O) groups excluding carboxylic acids is 3. The summed E-state index contributed by atoms with van der Waals surface area (Å²) < 4.78 is 37.9. The Labute approximate surface area is 150 Å². The van der Waals surface area contributed by atoms with Gasteiger partial charge in [-0.15, -0.1) is 11.3 Å². The summed E-state index contributed by atoms with van der Waals surface area (Å²) in [6.45, 7) is -3.66. The molecule has 1 aromatic carbocycles. The van der Waals surface area contributed by atoms with E-state index in [0.717, 1.165) is 17.4 Å². The molecule has 0 fully saturated rings. The van der Waals surface area contributed by atoms with Crippen LogP contribution in [0.15, 0.2) is 35.7 Å². The van der Waals surface area contributed by atoms with Crippen molar-refractivity contribution in [2.75, 3.05) is 19.0 Å². The van der Waals surface area contributed by atoms with Crippen molar-refractivity contribution in [2.45, 2.75) is 6.61 Å². The van der Waals surface area contributed by atoms with Gasteiger partial charge in [0, 0.05) is 0 Å². The minimum absolute atomic E-state index is 0.0540. The zero-order valence-electron chi connectivity index (χ0n) is 13.4. The molecule has 1 amide bonds. The minimum atomic E-state index is -3.03. The van der Waals surface area contributed by atoms with E-state index < -0.39 is 31.1 Å². The molecule has 0 atom stereocenters. The lowest BCUT2D eigenvalue weighted by molar-refractivity contribution is -0.119. The Balaban J connectivity index is 1.92. The molecule has 26 heavy (non-hydrogen) atoms. The van der Waals surface area contributed by atoms with Crippen LogP contribution in [0.5, 0.6) is 5.75 Å². The fraction of sp³-hybridized carbons (Fsp3) is 0.188. The van der Waals surface area contributed by atoms with Crippen LogP contribution in [-0.2, 0) is 14.3 Å². The van der Waals surface area contributed by atoms with Crippen LogP contribution < -0.4 is 10.1 Å². The third-order valence-electron chi connectivity index (χ3n) is 2.94. The van der Waals surface area contributed by atoms with E-state index in [0.29, 0.717) is 0 Å². The van der Waals surface area contributed by atoms with Gasteiger partial charge in [0.05, 0.1) is 18.4 Å². The number of hydrogen-bond acceptors (Lipinski definition) is 7. The number of ether oxygens (including phenoxy) is 3. The van der Waals surface area contributed by atoms with Crippen molar-refractivity contribution in [2.24, 2.45) is 0 Å². The summed E-state index contributed by atoms with van der Waals surface area (Å²) in [4.78, 5) is 35.5. The molecule has 0 unspecified atom stereocenters. The van der Waals surface area contributed by atoms with Crippen molar-refractivity contribution in [1.82, 2.24) is 0 Å². The van der Waals surface area contributed by atoms with Gasteiger partial charge in [0.2, 0.25) is 0 Å². The van der Waals surface area contributed by atoms with Gasteiger partial charge in [-0.05, 0) is 29.6 Å². The highest BCUT2D eigenvalue weighted by Crippen LogP contribution is 2.23. The molecule has 0 aliphatic carbocycles. The molecule has 138 valence electrons. The maximum Gasteiger partial charge on any atom is 0.387 e. The van der Waals surface area contributed by atoms with E-state index in [1.54, 1.807) is 5.38 Å². The van der Waals surface area contributed by atoms with E-state index in [2.05, 4.69) is 14.8 Å². The van der Waals surface area contributed by atoms with Crippen LogP contribution >= 0.6 is 11.3 Å². The van der Waals surface area contributed by atoms with Gasteiger partial charge in [-0.1, -0.05) is 6.07 Å². The van der Waals surface area contributed by atoms with Gasteiger partial charge < -0.3 is 19.5 Å². The summed E-state index contributed by atoms with van der Waals surface area (Å²) >= 11 is 1.08. The second kappa shape index (κ2) is 8.90.